The van der Waals surface area contributed by atoms with Crippen LogP contribution in [-0.2, 0) is 10.0 Å². The molecule has 92 valence electrons. The van der Waals surface area contributed by atoms with Crippen molar-refractivity contribution in [3.8, 4) is 5.75 Å². The van der Waals surface area contributed by atoms with E-state index in [1.165, 1.54) is 6.07 Å². The average Bonchev–Trinajstić information content (AvgIpc) is 2.16. The first kappa shape index (κ1) is 16.6. The molecule has 0 bridgehead atoms. The molecule has 0 saturated heterocycles. The predicted octanol–water partition coefficient (Wildman–Crippen LogP) is 0.0200. The number of sulfonamides is 1. The second-order valence-corrected chi connectivity index (χ2v) is 4.13. The third kappa shape index (κ3) is 4.80. The molecule has 0 saturated carbocycles. The van der Waals surface area contributed by atoms with Crippen molar-refractivity contribution in [1.82, 2.24) is 4.98 Å². The predicted molar refractivity (Wildman–Crippen MR) is 54.3 cm³/mol. The summed E-state index contributed by atoms with van der Waals surface area (Å²) >= 11 is 0. The van der Waals surface area contributed by atoms with E-state index in [2.05, 4.69) is 9.72 Å². The van der Waals surface area contributed by atoms with E-state index in [1.807, 2.05) is 0 Å². The zero-order chi connectivity index (χ0) is 12.3. The first-order chi connectivity index (χ1) is 7.32. The Hall–Kier alpha value is -0.350. The minimum atomic E-state index is -4.25. The Morgan fingerprint density at radius 2 is 1.94 bits per heavy atom. The van der Waals surface area contributed by atoms with E-state index < -0.39 is 33.6 Å². The van der Waals surface area contributed by atoms with Crippen LogP contribution in [0.1, 0.15) is 0 Å². The van der Waals surface area contributed by atoms with Crippen molar-refractivity contribution >= 4 is 39.6 Å². The van der Waals surface area contributed by atoms with Gasteiger partial charge >= 0.3 is 36.0 Å². The van der Waals surface area contributed by atoms with Crippen LogP contribution >= 0.6 is 0 Å². The van der Waals surface area contributed by atoms with Gasteiger partial charge in [-0.25, -0.2) is 27.3 Å². The first-order valence-corrected chi connectivity index (χ1v) is 5.43. The van der Waals surface area contributed by atoms with Crippen LogP contribution in [0.4, 0.5) is 13.2 Å². The minimum absolute atomic E-state index is 0. The van der Waals surface area contributed by atoms with Crippen LogP contribution in [0.2, 0.25) is 0 Å². The van der Waals surface area contributed by atoms with Gasteiger partial charge in [-0.1, -0.05) is 0 Å². The molecule has 0 aliphatic rings. The number of alkyl halides is 3. The first-order valence-electron chi connectivity index (χ1n) is 3.89. The van der Waals surface area contributed by atoms with E-state index >= 15 is 0 Å². The van der Waals surface area contributed by atoms with Gasteiger partial charge < -0.3 is 4.74 Å². The van der Waals surface area contributed by atoms with Gasteiger partial charge in [0.05, 0.1) is 0 Å². The molecular weight excluding hydrogens is 272 g/mol. The molecule has 0 aromatic carbocycles. The van der Waals surface area contributed by atoms with Crippen LogP contribution in [0, 0.1) is 0 Å². The molecule has 0 spiro atoms. The van der Waals surface area contributed by atoms with Crippen molar-refractivity contribution < 1.29 is 26.3 Å². The van der Waals surface area contributed by atoms with Gasteiger partial charge in [-0.3, -0.25) is 0 Å². The molecule has 1 atom stereocenters. The summed E-state index contributed by atoms with van der Waals surface area (Å²) in [5.41, 5.74) is 0. The van der Waals surface area contributed by atoms with E-state index in [0.29, 0.717) is 0 Å². The standard InChI is InChI=1S/C7H7F3N2O3S.Na.H/c8-5(9)6(10)15-4-2-1-3-12-7(4)16(11,13)14;;/h1-3,5-6H,(H2,11,13,14);;. The van der Waals surface area contributed by atoms with Crippen molar-refractivity contribution in [1.29, 1.82) is 0 Å². The van der Waals surface area contributed by atoms with E-state index in [9.17, 15) is 21.6 Å². The molecule has 1 unspecified atom stereocenters. The second-order valence-electron chi connectivity index (χ2n) is 2.66. The molecule has 0 amide bonds. The molecule has 0 aliphatic heterocycles. The molecule has 10 heteroatoms. The topological polar surface area (TPSA) is 82.3 Å². The van der Waals surface area contributed by atoms with Crippen LogP contribution in [0.25, 0.3) is 0 Å². The fourth-order valence-corrected chi connectivity index (χ4v) is 1.46. The monoisotopic (exact) mass is 280 g/mol. The number of rotatable bonds is 4. The van der Waals surface area contributed by atoms with E-state index in [0.717, 1.165) is 12.3 Å². The number of primary sulfonamides is 1. The summed E-state index contributed by atoms with van der Waals surface area (Å²) in [7, 11) is -4.25. The number of halogens is 3. The molecule has 17 heavy (non-hydrogen) atoms. The molecule has 0 fully saturated rings. The van der Waals surface area contributed by atoms with Gasteiger partial charge in [0, 0.05) is 6.20 Å². The Labute approximate surface area is 118 Å². The van der Waals surface area contributed by atoms with Crippen LogP contribution in [0.15, 0.2) is 23.4 Å². The van der Waals surface area contributed by atoms with Gasteiger partial charge in [0.1, 0.15) is 0 Å². The van der Waals surface area contributed by atoms with Crippen molar-refractivity contribution in [3.05, 3.63) is 18.3 Å². The van der Waals surface area contributed by atoms with Crippen molar-refractivity contribution in [2.75, 3.05) is 0 Å². The number of nitrogens with two attached hydrogens (primary N) is 1. The Morgan fingerprint density at radius 1 is 1.35 bits per heavy atom. The SMILES string of the molecule is NS(=O)(=O)c1ncccc1OC(F)C(F)F.[NaH]. The van der Waals surface area contributed by atoms with Gasteiger partial charge in [-0.15, -0.1) is 0 Å². The fraction of sp³-hybridized carbons (Fsp3) is 0.286. The number of pyridine rings is 1. The Bertz CT molecular complexity index is 471. The molecule has 1 aromatic heterocycles. The molecule has 0 aliphatic carbocycles. The number of aromatic nitrogens is 1. The molecular formula is C7H8F3N2NaO3S. The van der Waals surface area contributed by atoms with Gasteiger partial charge in [0.15, 0.2) is 5.75 Å². The van der Waals surface area contributed by atoms with E-state index in [1.54, 1.807) is 0 Å². The third-order valence-electron chi connectivity index (χ3n) is 1.44. The van der Waals surface area contributed by atoms with Crippen molar-refractivity contribution in [2.24, 2.45) is 5.14 Å². The van der Waals surface area contributed by atoms with Gasteiger partial charge in [-0.2, -0.15) is 4.39 Å². The van der Waals surface area contributed by atoms with Gasteiger partial charge in [0.2, 0.25) is 5.03 Å². The van der Waals surface area contributed by atoms with Crippen LogP contribution in [0.3, 0.4) is 0 Å². The summed E-state index contributed by atoms with van der Waals surface area (Å²) in [5.74, 6) is -0.655. The summed E-state index contributed by atoms with van der Waals surface area (Å²) in [5, 5.41) is 3.94. The Kier molecular flexibility index (Phi) is 6.41. The summed E-state index contributed by atoms with van der Waals surface area (Å²) in [4.78, 5) is 3.31. The zero-order valence-corrected chi connectivity index (χ0v) is 8.49. The summed E-state index contributed by atoms with van der Waals surface area (Å²) in [6, 6.07) is 2.17. The van der Waals surface area contributed by atoms with Crippen LogP contribution in [-0.4, -0.2) is 55.7 Å². The van der Waals surface area contributed by atoms with E-state index in [-0.39, 0.29) is 29.6 Å². The van der Waals surface area contributed by atoms with Crippen molar-refractivity contribution in [3.63, 3.8) is 0 Å². The maximum atomic E-state index is 12.5. The summed E-state index contributed by atoms with van der Waals surface area (Å²) in [6.45, 7) is 0. The van der Waals surface area contributed by atoms with Crippen LogP contribution < -0.4 is 9.88 Å². The number of hydrogen-bond donors (Lipinski definition) is 1. The van der Waals surface area contributed by atoms with Crippen LogP contribution in [0.5, 0.6) is 5.75 Å². The molecule has 2 N–H and O–H groups in total. The molecule has 1 heterocycles. The zero-order valence-electron chi connectivity index (χ0n) is 7.68. The average molecular weight is 280 g/mol. The Morgan fingerprint density at radius 3 is 2.41 bits per heavy atom. The van der Waals surface area contributed by atoms with Crippen molar-refractivity contribution in [2.45, 2.75) is 17.8 Å². The normalized spacial score (nSPS) is 13.0. The maximum absolute atomic E-state index is 12.5. The van der Waals surface area contributed by atoms with Gasteiger partial charge in [-0.05, 0) is 12.1 Å². The number of hydrogen-bond acceptors (Lipinski definition) is 4. The fourth-order valence-electron chi connectivity index (χ4n) is 0.852. The number of ether oxygens (including phenoxy) is 1. The second kappa shape index (κ2) is 6.55. The van der Waals surface area contributed by atoms with Gasteiger partial charge in [0.25, 0.3) is 16.4 Å². The Balaban J connectivity index is 0.00000256. The molecule has 0 radical (unpaired) electrons. The molecule has 5 nitrogen and oxygen atoms in total. The summed E-state index contributed by atoms with van der Waals surface area (Å²) < 4.78 is 62.2. The summed E-state index contributed by atoms with van der Waals surface area (Å²) in [6.07, 6.45) is -5.28. The van der Waals surface area contributed by atoms with E-state index in [4.69, 9.17) is 5.14 Å². The quantitative estimate of drug-likeness (QED) is 0.788. The third-order valence-corrected chi connectivity index (χ3v) is 2.29. The molecule has 1 rings (SSSR count). The number of nitrogens with zero attached hydrogens (tertiary/aromatic N) is 1. The molecule has 1 aromatic rings.